The third kappa shape index (κ3) is 4.20. The van der Waals surface area contributed by atoms with Crippen molar-refractivity contribution < 1.29 is 19.0 Å². The second kappa shape index (κ2) is 7.60. The van der Waals surface area contributed by atoms with Crippen molar-refractivity contribution in [2.24, 2.45) is 0 Å². The summed E-state index contributed by atoms with van der Waals surface area (Å²) in [6.07, 6.45) is 0.525. The smallest absolute Gasteiger partial charge is 0.231 e. The number of hydrogen-bond acceptors (Lipinski definition) is 6. The topological polar surface area (TPSA) is 68.8 Å². The second-order valence-electron chi connectivity index (χ2n) is 5.14. The van der Waals surface area contributed by atoms with Gasteiger partial charge in [-0.25, -0.2) is 0 Å². The standard InChI is InChI=1S/C15H20N2O4S/c18-15(7-11-9-22-6-4-16-11)17-3-5-19-12-1-2-13-14(8-12)21-10-20-13/h1-2,8,11,16H,3-7,9-10H2,(H,17,18). The van der Waals surface area contributed by atoms with Crippen molar-refractivity contribution in [3.63, 3.8) is 0 Å². The van der Waals surface area contributed by atoms with Crippen molar-refractivity contribution in [2.75, 3.05) is 38.0 Å². The van der Waals surface area contributed by atoms with Crippen molar-refractivity contribution in [2.45, 2.75) is 12.5 Å². The number of rotatable bonds is 6. The average molecular weight is 324 g/mol. The number of ether oxygens (including phenoxy) is 3. The van der Waals surface area contributed by atoms with Gasteiger partial charge in [0.2, 0.25) is 12.7 Å². The fourth-order valence-electron chi connectivity index (χ4n) is 2.37. The van der Waals surface area contributed by atoms with Crippen LogP contribution in [0.25, 0.3) is 0 Å². The summed E-state index contributed by atoms with van der Waals surface area (Å²) in [7, 11) is 0. The highest BCUT2D eigenvalue weighted by molar-refractivity contribution is 7.99. The summed E-state index contributed by atoms with van der Waals surface area (Å²) < 4.78 is 16.1. The molecule has 2 aliphatic heterocycles. The molecule has 1 amide bonds. The zero-order valence-electron chi connectivity index (χ0n) is 12.3. The van der Waals surface area contributed by atoms with E-state index >= 15 is 0 Å². The lowest BCUT2D eigenvalue weighted by atomic mass is 10.2. The van der Waals surface area contributed by atoms with Crippen LogP contribution in [0.5, 0.6) is 17.2 Å². The summed E-state index contributed by atoms with van der Waals surface area (Å²) in [5.74, 6) is 4.34. The van der Waals surface area contributed by atoms with E-state index < -0.39 is 0 Å². The Labute approximate surface area is 133 Å². The molecule has 2 N–H and O–H groups in total. The van der Waals surface area contributed by atoms with Gasteiger partial charge in [-0.3, -0.25) is 4.79 Å². The molecule has 0 aromatic heterocycles. The van der Waals surface area contributed by atoms with Crippen LogP contribution in [0.15, 0.2) is 18.2 Å². The van der Waals surface area contributed by atoms with Gasteiger partial charge in [-0.1, -0.05) is 0 Å². The van der Waals surface area contributed by atoms with E-state index in [0.717, 1.165) is 23.8 Å². The first-order chi connectivity index (χ1) is 10.8. The lowest BCUT2D eigenvalue weighted by Crippen LogP contribution is -2.41. The van der Waals surface area contributed by atoms with E-state index in [9.17, 15) is 4.79 Å². The molecule has 1 saturated heterocycles. The summed E-state index contributed by atoms with van der Waals surface area (Å²) in [5.41, 5.74) is 0. The Morgan fingerprint density at radius 1 is 1.41 bits per heavy atom. The van der Waals surface area contributed by atoms with Crippen LogP contribution in [0.2, 0.25) is 0 Å². The molecule has 0 bridgehead atoms. The molecule has 2 aliphatic rings. The minimum Gasteiger partial charge on any atom is -0.492 e. The monoisotopic (exact) mass is 324 g/mol. The SMILES string of the molecule is O=C(CC1CSCCN1)NCCOc1ccc2c(c1)OCO2. The van der Waals surface area contributed by atoms with E-state index in [2.05, 4.69) is 10.6 Å². The first kappa shape index (κ1) is 15.3. The normalized spacial score (nSPS) is 19.7. The number of thioether (sulfide) groups is 1. The number of carbonyl (C=O) groups is 1. The van der Waals surface area contributed by atoms with Crippen LogP contribution in [-0.4, -0.2) is 49.9 Å². The van der Waals surface area contributed by atoms with Crippen LogP contribution < -0.4 is 24.8 Å². The van der Waals surface area contributed by atoms with Crippen LogP contribution in [0, 0.1) is 0 Å². The predicted molar refractivity (Wildman–Crippen MR) is 84.8 cm³/mol. The molecule has 1 unspecified atom stereocenters. The van der Waals surface area contributed by atoms with Gasteiger partial charge in [0.15, 0.2) is 11.5 Å². The van der Waals surface area contributed by atoms with Crippen molar-refractivity contribution in [3.05, 3.63) is 18.2 Å². The van der Waals surface area contributed by atoms with Gasteiger partial charge < -0.3 is 24.8 Å². The van der Waals surface area contributed by atoms with Gasteiger partial charge in [-0.2, -0.15) is 11.8 Å². The van der Waals surface area contributed by atoms with Gasteiger partial charge in [0.1, 0.15) is 12.4 Å². The summed E-state index contributed by atoms with van der Waals surface area (Å²) in [4.78, 5) is 11.8. The maximum absolute atomic E-state index is 11.8. The molecule has 120 valence electrons. The van der Waals surface area contributed by atoms with E-state index in [1.54, 1.807) is 6.07 Å². The Bertz CT molecular complexity index is 520. The lowest BCUT2D eigenvalue weighted by molar-refractivity contribution is -0.121. The molecule has 0 spiro atoms. The fraction of sp³-hybridized carbons (Fsp3) is 0.533. The van der Waals surface area contributed by atoms with Crippen LogP contribution in [0.4, 0.5) is 0 Å². The Kier molecular flexibility index (Phi) is 5.29. The first-order valence-corrected chi connectivity index (χ1v) is 8.57. The summed E-state index contributed by atoms with van der Waals surface area (Å²) >= 11 is 1.89. The van der Waals surface area contributed by atoms with Crippen LogP contribution in [0.3, 0.4) is 0 Å². The van der Waals surface area contributed by atoms with Crippen LogP contribution >= 0.6 is 11.8 Å². The largest absolute Gasteiger partial charge is 0.492 e. The molecular weight excluding hydrogens is 304 g/mol. The molecule has 22 heavy (non-hydrogen) atoms. The van der Waals surface area contributed by atoms with Gasteiger partial charge in [-0.05, 0) is 12.1 Å². The molecule has 3 rings (SSSR count). The average Bonchev–Trinajstić information content (AvgIpc) is 3.00. The molecule has 1 aromatic carbocycles. The summed E-state index contributed by atoms with van der Waals surface area (Å²) in [6.45, 7) is 2.16. The number of benzene rings is 1. The zero-order chi connectivity index (χ0) is 15.2. The third-order valence-electron chi connectivity index (χ3n) is 3.47. The third-order valence-corrected chi connectivity index (χ3v) is 4.60. The molecule has 1 fully saturated rings. The molecule has 1 atom stereocenters. The molecule has 7 heteroatoms. The maximum Gasteiger partial charge on any atom is 0.231 e. The molecule has 0 saturated carbocycles. The van der Waals surface area contributed by atoms with E-state index in [1.807, 2.05) is 23.9 Å². The highest BCUT2D eigenvalue weighted by Gasteiger charge is 2.16. The first-order valence-electron chi connectivity index (χ1n) is 7.41. The number of amides is 1. The number of fused-ring (bicyclic) bond motifs is 1. The van der Waals surface area contributed by atoms with Gasteiger partial charge >= 0.3 is 0 Å². The van der Waals surface area contributed by atoms with E-state index in [4.69, 9.17) is 14.2 Å². The van der Waals surface area contributed by atoms with E-state index in [0.29, 0.717) is 31.1 Å². The number of carbonyl (C=O) groups excluding carboxylic acids is 1. The Hall–Kier alpha value is -1.60. The van der Waals surface area contributed by atoms with Gasteiger partial charge in [0, 0.05) is 36.6 Å². The van der Waals surface area contributed by atoms with Crippen molar-refractivity contribution in [3.8, 4) is 17.2 Å². The maximum atomic E-state index is 11.8. The minimum absolute atomic E-state index is 0.0642. The summed E-state index contributed by atoms with van der Waals surface area (Å²) in [5, 5.41) is 6.23. The quantitative estimate of drug-likeness (QED) is 0.761. The van der Waals surface area contributed by atoms with Gasteiger partial charge in [-0.15, -0.1) is 0 Å². The number of hydrogen-bond donors (Lipinski definition) is 2. The van der Waals surface area contributed by atoms with Crippen LogP contribution in [0.1, 0.15) is 6.42 Å². The van der Waals surface area contributed by atoms with E-state index in [-0.39, 0.29) is 18.7 Å². The van der Waals surface area contributed by atoms with Crippen molar-refractivity contribution in [1.82, 2.24) is 10.6 Å². The molecule has 2 heterocycles. The molecule has 0 aliphatic carbocycles. The van der Waals surface area contributed by atoms with Crippen molar-refractivity contribution >= 4 is 17.7 Å². The summed E-state index contributed by atoms with van der Waals surface area (Å²) in [6, 6.07) is 5.74. The zero-order valence-corrected chi connectivity index (χ0v) is 13.1. The Balaban J connectivity index is 1.34. The predicted octanol–water partition coefficient (Wildman–Crippen LogP) is 1.01. The highest BCUT2D eigenvalue weighted by atomic mass is 32.2. The van der Waals surface area contributed by atoms with Crippen LogP contribution in [-0.2, 0) is 4.79 Å². The Morgan fingerprint density at radius 3 is 3.18 bits per heavy atom. The van der Waals surface area contributed by atoms with Gasteiger partial charge in [0.25, 0.3) is 0 Å². The molecule has 0 radical (unpaired) electrons. The van der Waals surface area contributed by atoms with Gasteiger partial charge in [0.05, 0.1) is 6.54 Å². The molecule has 6 nitrogen and oxygen atoms in total. The lowest BCUT2D eigenvalue weighted by Gasteiger charge is -2.22. The number of nitrogens with one attached hydrogen (secondary N) is 2. The van der Waals surface area contributed by atoms with E-state index in [1.165, 1.54) is 0 Å². The minimum atomic E-state index is 0.0642. The molecule has 1 aromatic rings. The fourth-order valence-corrected chi connectivity index (χ4v) is 3.32. The Morgan fingerprint density at radius 2 is 2.32 bits per heavy atom. The highest BCUT2D eigenvalue weighted by Crippen LogP contribution is 2.34. The van der Waals surface area contributed by atoms with Crippen molar-refractivity contribution in [1.29, 1.82) is 0 Å². The second-order valence-corrected chi connectivity index (χ2v) is 6.29. The molecular formula is C15H20N2O4S.